The Morgan fingerprint density at radius 2 is 1.76 bits per heavy atom. The summed E-state index contributed by atoms with van der Waals surface area (Å²) < 4.78 is 11.0. The molecule has 1 aliphatic rings. The van der Waals surface area contributed by atoms with Gasteiger partial charge in [-0.25, -0.2) is 0 Å². The van der Waals surface area contributed by atoms with Crippen molar-refractivity contribution in [2.45, 2.75) is 12.0 Å². The van der Waals surface area contributed by atoms with E-state index in [2.05, 4.69) is 0 Å². The number of rotatable bonds is 9. The number of Topliss-reactive ketones (excluding diaryl/α,β-unsaturated/α-hetero) is 1. The summed E-state index contributed by atoms with van der Waals surface area (Å²) in [5.74, 6) is -0.173. The van der Waals surface area contributed by atoms with Crippen LogP contribution in [-0.4, -0.2) is 42.0 Å². The van der Waals surface area contributed by atoms with E-state index in [0.29, 0.717) is 22.7 Å². The number of para-hydroxylation sites is 3. The molecule has 1 N–H and O–H groups in total. The second-order valence-electron chi connectivity index (χ2n) is 7.74. The van der Waals surface area contributed by atoms with Crippen LogP contribution in [0.2, 0.25) is 0 Å². The van der Waals surface area contributed by atoms with Gasteiger partial charge < -0.3 is 19.5 Å². The summed E-state index contributed by atoms with van der Waals surface area (Å²) >= 11 is 0. The number of aliphatic hydroxyl groups is 1. The molecule has 1 amide bonds. The zero-order valence-corrected chi connectivity index (χ0v) is 18.3. The Bertz CT molecular complexity index is 1260. The molecule has 9 heteroatoms. The first kappa shape index (κ1) is 22.9. The Hall–Kier alpha value is -4.24. The second kappa shape index (κ2) is 9.32. The summed E-state index contributed by atoms with van der Waals surface area (Å²) in [7, 11) is 1.53. The van der Waals surface area contributed by atoms with Crippen molar-refractivity contribution >= 4 is 23.1 Å². The Kier molecular flexibility index (Phi) is 6.29. The number of hydrogen-bond acceptors (Lipinski definition) is 7. The van der Waals surface area contributed by atoms with Crippen molar-refractivity contribution in [1.29, 1.82) is 0 Å². The number of non-ortho nitro benzene ring substituents is 1. The fourth-order valence-electron chi connectivity index (χ4n) is 4.01. The number of nitro benzene ring substituents is 1. The number of methoxy groups -OCH3 is 1. The smallest absolute Gasteiger partial charge is 0.270 e. The molecule has 0 fully saturated rings. The van der Waals surface area contributed by atoms with E-state index in [1.54, 1.807) is 42.5 Å². The Morgan fingerprint density at radius 3 is 2.50 bits per heavy atom. The molecular weight excluding hydrogens is 440 g/mol. The van der Waals surface area contributed by atoms with Crippen molar-refractivity contribution in [3.63, 3.8) is 0 Å². The lowest BCUT2D eigenvalue weighted by Crippen LogP contribution is -2.43. The van der Waals surface area contributed by atoms with E-state index in [9.17, 15) is 24.8 Å². The number of fused-ring (bicyclic) bond motifs is 1. The van der Waals surface area contributed by atoms with Gasteiger partial charge in [-0.15, -0.1) is 0 Å². The van der Waals surface area contributed by atoms with E-state index >= 15 is 0 Å². The molecule has 1 aliphatic heterocycles. The van der Waals surface area contributed by atoms with Crippen molar-refractivity contribution in [3.8, 4) is 11.5 Å². The molecule has 174 valence electrons. The molecule has 0 spiro atoms. The van der Waals surface area contributed by atoms with Crippen LogP contribution in [0.4, 0.5) is 11.4 Å². The topological polar surface area (TPSA) is 119 Å². The van der Waals surface area contributed by atoms with Crippen LogP contribution < -0.4 is 14.4 Å². The predicted octanol–water partition coefficient (Wildman–Crippen LogP) is 3.49. The lowest BCUT2D eigenvalue weighted by molar-refractivity contribution is -0.384. The number of carbonyl (C=O) groups excluding carboxylic acids is 2. The molecule has 1 unspecified atom stereocenters. The molecule has 0 saturated heterocycles. The molecule has 3 aromatic rings. The minimum Gasteiger partial charge on any atom is -0.493 e. The maximum Gasteiger partial charge on any atom is 0.270 e. The summed E-state index contributed by atoms with van der Waals surface area (Å²) in [6, 6.07) is 19.0. The Balaban J connectivity index is 1.55. The van der Waals surface area contributed by atoms with Gasteiger partial charge in [0.05, 0.1) is 30.7 Å². The minimum atomic E-state index is -2.09. The molecule has 0 saturated carbocycles. The van der Waals surface area contributed by atoms with Crippen molar-refractivity contribution in [2.75, 3.05) is 25.2 Å². The maximum atomic E-state index is 13.3. The van der Waals surface area contributed by atoms with Crippen LogP contribution in [0, 0.1) is 10.1 Å². The zero-order chi connectivity index (χ0) is 24.3. The molecule has 1 atom stereocenters. The molecule has 0 bridgehead atoms. The quantitative estimate of drug-likeness (QED) is 0.294. The van der Waals surface area contributed by atoms with Gasteiger partial charge >= 0.3 is 0 Å². The number of ketones is 1. The summed E-state index contributed by atoms with van der Waals surface area (Å²) in [4.78, 5) is 38.1. The van der Waals surface area contributed by atoms with E-state index in [1.165, 1.54) is 30.2 Å². The molecule has 34 heavy (non-hydrogen) atoms. The van der Waals surface area contributed by atoms with Gasteiger partial charge in [-0.05, 0) is 18.2 Å². The first-order chi connectivity index (χ1) is 16.3. The van der Waals surface area contributed by atoms with Crippen LogP contribution in [0.1, 0.15) is 22.3 Å². The highest BCUT2D eigenvalue weighted by Gasteiger charge is 2.50. The van der Waals surface area contributed by atoms with Crippen molar-refractivity contribution < 1.29 is 29.1 Å². The highest BCUT2D eigenvalue weighted by atomic mass is 16.6. The van der Waals surface area contributed by atoms with Gasteiger partial charge in [-0.1, -0.05) is 42.5 Å². The summed E-state index contributed by atoms with van der Waals surface area (Å²) in [5.41, 5.74) is -1.51. The second-order valence-corrected chi connectivity index (χ2v) is 7.74. The van der Waals surface area contributed by atoms with Crippen LogP contribution in [-0.2, 0) is 10.4 Å². The third-order valence-electron chi connectivity index (χ3n) is 5.68. The largest absolute Gasteiger partial charge is 0.493 e. The van der Waals surface area contributed by atoms with Crippen LogP contribution in [0.5, 0.6) is 11.5 Å². The highest BCUT2D eigenvalue weighted by molar-refractivity contribution is 6.10. The van der Waals surface area contributed by atoms with E-state index in [0.717, 1.165) is 6.07 Å². The lowest BCUT2D eigenvalue weighted by atomic mass is 9.88. The van der Waals surface area contributed by atoms with Crippen LogP contribution >= 0.6 is 0 Å². The average Bonchev–Trinajstić information content (AvgIpc) is 3.06. The first-order valence-electron chi connectivity index (χ1n) is 10.5. The number of carbonyl (C=O) groups is 2. The Morgan fingerprint density at radius 1 is 1.06 bits per heavy atom. The number of benzene rings is 3. The number of amides is 1. The number of ether oxygens (including phenoxy) is 2. The lowest BCUT2D eigenvalue weighted by Gasteiger charge is -2.23. The van der Waals surface area contributed by atoms with E-state index < -0.39 is 28.6 Å². The van der Waals surface area contributed by atoms with Gasteiger partial charge in [0.25, 0.3) is 11.6 Å². The summed E-state index contributed by atoms with van der Waals surface area (Å²) in [6.45, 7) is 0.247. The van der Waals surface area contributed by atoms with E-state index in [-0.39, 0.29) is 24.4 Å². The fourth-order valence-corrected chi connectivity index (χ4v) is 4.01. The van der Waals surface area contributed by atoms with Crippen LogP contribution in [0.3, 0.4) is 0 Å². The standard InChI is InChI=1S/C25H22N2O7/c1-33-22-11-4-5-12-23(22)34-14-13-26-20-10-3-2-9-19(20)25(30,24(26)29)16-21(28)17-7-6-8-18(15-17)27(31)32/h2-12,15,30H,13-14,16H2,1H3. The van der Waals surface area contributed by atoms with Crippen molar-refractivity contribution in [3.05, 3.63) is 94.0 Å². The molecule has 1 heterocycles. The van der Waals surface area contributed by atoms with Gasteiger partial charge in [0.2, 0.25) is 0 Å². The number of nitro groups is 1. The van der Waals surface area contributed by atoms with E-state index in [1.807, 2.05) is 6.07 Å². The normalized spacial score (nSPS) is 16.8. The van der Waals surface area contributed by atoms with Crippen LogP contribution in [0.15, 0.2) is 72.8 Å². The summed E-state index contributed by atoms with van der Waals surface area (Å²) in [6.07, 6.45) is -0.548. The molecule has 4 rings (SSSR count). The molecule has 9 nitrogen and oxygen atoms in total. The molecule has 0 radical (unpaired) electrons. The third kappa shape index (κ3) is 4.20. The van der Waals surface area contributed by atoms with E-state index in [4.69, 9.17) is 9.47 Å². The highest BCUT2D eigenvalue weighted by Crippen LogP contribution is 2.43. The molecule has 0 aromatic heterocycles. The number of anilines is 1. The fraction of sp³-hybridized carbons (Fsp3) is 0.200. The van der Waals surface area contributed by atoms with Gasteiger partial charge in [0.1, 0.15) is 6.61 Å². The van der Waals surface area contributed by atoms with Gasteiger partial charge in [-0.3, -0.25) is 19.7 Å². The van der Waals surface area contributed by atoms with Gasteiger partial charge in [0, 0.05) is 23.3 Å². The van der Waals surface area contributed by atoms with Crippen molar-refractivity contribution in [2.24, 2.45) is 0 Å². The SMILES string of the molecule is COc1ccccc1OCCN1C(=O)C(O)(CC(=O)c2cccc([N+](=O)[O-])c2)c2ccccc21. The number of nitrogens with zero attached hydrogens (tertiary/aromatic N) is 2. The number of hydrogen-bond donors (Lipinski definition) is 1. The molecule has 0 aliphatic carbocycles. The molecule has 3 aromatic carbocycles. The van der Waals surface area contributed by atoms with Crippen molar-refractivity contribution in [1.82, 2.24) is 0 Å². The first-order valence-corrected chi connectivity index (χ1v) is 10.5. The maximum absolute atomic E-state index is 13.3. The average molecular weight is 462 g/mol. The monoisotopic (exact) mass is 462 g/mol. The zero-order valence-electron chi connectivity index (χ0n) is 18.3. The van der Waals surface area contributed by atoms with Crippen LogP contribution in [0.25, 0.3) is 0 Å². The van der Waals surface area contributed by atoms with Gasteiger partial charge in [0.15, 0.2) is 22.9 Å². The predicted molar refractivity (Wildman–Crippen MR) is 123 cm³/mol. The minimum absolute atomic E-state index is 0.0471. The molecular formula is C25H22N2O7. The summed E-state index contributed by atoms with van der Waals surface area (Å²) in [5, 5.41) is 22.4. The van der Waals surface area contributed by atoms with Gasteiger partial charge in [-0.2, -0.15) is 0 Å². The Labute approximate surface area is 195 Å². The third-order valence-corrected chi connectivity index (χ3v) is 5.68.